The van der Waals surface area contributed by atoms with Gasteiger partial charge in [-0.2, -0.15) is 0 Å². The molecule has 1 aromatic carbocycles. The number of hydrogen-bond acceptors (Lipinski definition) is 2. The van der Waals surface area contributed by atoms with Crippen LogP contribution in [0.4, 0.5) is 5.69 Å². The van der Waals surface area contributed by atoms with Crippen molar-refractivity contribution in [2.75, 3.05) is 5.32 Å². The van der Waals surface area contributed by atoms with Crippen LogP contribution in [0, 0.1) is 12.3 Å². The lowest BCUT2D eigenvalue weighted by Gasteiger charge is -2.16. The number of carboxylic acid groups (broad SMARTS) is 1. The number of aromatic carboxylic acids is 1. The van der Waals surface area contributed by atoms with Gasteiger partial charge in [-0.1, -0.05) is 18.5 Å². The first-order valence-electron chi connectivity index (χ1n) is 5.31. The first-order chi connectivity index (χ1) is 8.08. The fourth-order valence-corrected chi connectivity index (χ4v) is 1.66. The summed E-state index contributed by atoms with van der Waals surface area (Å²) in [6.45, 7) is 2.02. The van der Waals surface area contributed by atoms with E-state index < -0.39 is 5.97 Å². The maximum Gasteiger partial charge on any atom is 0.335 e. The normalized spacial score (nSPS) is 11.6. The molecule has 0 aromatic heterocycles. The van der Waals surface area contributed by atoms with Crippen LogP contribution in [0.25, 0.3) is 0 Å². The van der Waals surface area contributed by atoms with Crippen molar-refractivity contribution < 1.29 is 9.90 Å². The van der Waals surface area contributed by atoms with Gasteiger partial charge in [0.1, 0.15) is 0 Å². The summed E-state index contributed by atoms with van der Waals surface area (Å²) in [6.07, 6.45) is 6.74. The van der Waals surface area contributed by atoms with Crippen LogP contribution in [0.5, 0.6) is 0 Å². The fourth-order valence-electron chi connectivity index (χ4n) is 1.42. The average Bonchev–Trinajstić information content (AvgIpc) is 2.30. The standard InChI is InChI=1S/C13H14ClNO2/c1-3-5-10(4-2)15-12-7-6-9(13(16)17)8-11(12)14/h1,6-8,10,15H,4-5H2,2H3,(H,16,17). The number of carbonyl (C=O) groups is 1. The van der Waals surface area contributed by atoms with E-state index in [4.69, 9.17) is 23.1 Å². The van der Waals surface area contributed by atoms with E-state index in [1.54, 1.807) is 6.07 Å². The van der Waals surface area contributed by atoms with Crippen molar-refractivity contribution in [3.8, 4) is 12.3 Å². The molecule has 0 fully saturated rings. The molecule has 17 heavy (non-hydrogen) atoms. The second kappa shape index (κ2) is 6.17. The van der Waals surface area contributed by atoms with E-state index in [2.05, 4.69) is 11.2 Å². The molecule has 2 N–H and O–H groups in total. The summed E-state index contributed by atoms with van der Waals surface area (Å²) in [7, 11) is 0. The largest absolute Gasteiger partial charge is 0.478 e. The summed E-state index contributed by atoms with van der Waals surface area (Å²) in [5.74, 6) is 1.60. The van der Waals surface area contributed by atoms with Crippen LogP contribution < -0.4 is 5.32 Å². The number of hydrogen-bond donors (Lipinski definition) is 2. The minimum absolute atomic E-state index is 0.146. The third-order valence-electron chi connectivity index (χ3n) is 2.43. The van der Waals surface area contributed by atoms with Crippen LogP contribution in [0.2, 0.25) is 5.02 Å². The van der Waals surface area contributed by atoms with E-state index in [9.17, 15) is 4.79 Å². The van der Waals surface area contributed by atoms with E-state index in [-0.39, 0.29) is 11.6 Å². The zero-order chi connectivity index (χ0) is 12.8. The molecule has 90 valence electrons. The lowest BCUT2D eigenvalue weighted by atomic mass is 10.1. The Morgan fingerprint density at radius 1 is 1.65 bits per heavy atom. The molecule has 0 radical (unpaired) electrons. The molecule has 0 aliphatic heterocycles. The third-order valence-corrected chi connectivity index (χ3v) is 2.75. The van der Waals surface area contributed by atoms with Gasteiger partial charge < -0.3 is 10.4 Å². The van der Waals surface area contributed by atoms with Gasteiger partial charge in [-0.25, -0.2) is 4.79 Å². The van der Waals surface area contributed by atoms with E-state index in [1.165, 1.54) is 12.1 Å². The van der Waals surface area contributed by atoms with Crippen molar-refractivity contribution in [1.82, 2.24) is 0 Å². The predicted octanol–water partition coefficient (Wildman–Crippen LogP) is 3.25. The molecule has 0 aliphatic rings. The smallest absolute Gasteiger partial charge is 0.335 e. The predicted molar refractivity (Wildman–Crippen MR) is 69.6 cm³/mol. The van der Waals surface area contributed by atoms with Gasteiger partial charge in [-0.15, -0.1) is 12.3 Å². The van der Waals surface area contributed by atoms with Crippen molar-refractivity contribution in [2.24, 2.45) is 0 Å². The van der Waals surface area contributed by atoms with E-state index >= 15 is 0 Å². The Labute approximate surface area is 106 Å². The average molecular weight is 252 g/mol. The highest BCUT2D eigenvalue weighted by Crippen LogP contribution is 2.24. The van der Waals surface area contributed by atoms with Crippen LogP contribution >= 0.6 is 11.6 Å². The number of anilines is 1. The molecule has 0 bridgehead atoms. The minimum atomic E-state index is -0.992. The SMILES string of the molecule is C#CCC(CC)Nc1ccc(C(=O)O)cc1Cl. The maximum absolute atomic E-state index is 10.7. The van der Waals surface area contributed by atoms with Gasteiger partial charge in [0.2, 0.25) is 0 Å². The molecule has 1 unspecified atom stereocenters. The van der Waals surface area contributed by atoms with Crippen LogP contribution in [0.15, 0.2) is 18.2 Å². The molecule has 0 heterocycles. The molecule has 0 saturated carbocycles. The monoisotopic (exact) mass is 251 g/mol. The summed E-state index contributed by atoms with van der Waals surface area (Å²) in [5, 5.41) is 12.4. The first-order valence-corrected chi connectivity index (χ1v) is 5.69. The van der Waals surface area contributed by atoms with Crippen molar-refractivity contribution in [3.63, 3.8) is 0 Å². The van der Waals surface area contributed by atoms with Gasteiger partial charge in [-0.05, 0) is 24.6 Å². The molecule has 1 rings (SSSR count). The highest BCUT2D eigenvalue weighted by atomic mass is 35.5. The summed E-state index contributed by atoms with van der Waals surface area (Å²) in [6, 6.07) is 4.74. The summed E-state index contributed by atoms with van der Waals surface area (Å²) in [4.78, 5) is 10.7. The number of halogens is 1. The second-order valence-corrected chi connectivity index (χ2v) is 4.06. The molecular formula is C13H14ClNO2. The number of carboxylic acids is 1. The van der Waals surface area contributed by atoms with Gasteiger partial charge in [0.25, 0.3) is 0 Å². The molecule has 4 heteroatoms. The van der Waals surface area contributed by atoms with Crippen molar-refractivity contribution >= 4 is 23.3 Å². The van der Waals surface area contributed by atoms with E-state index in [0.29, 0.717) is 17.1 Å². The number of benzene rings is 1. The minimum Gasteiger partial charge on any atom is -0.478 e. The number of nitrogens with one attached hydrogen (secondary N) is 1. The zero-order valence-electron chi connectivity index (χ0n) is 9.53. The Balaban J connectivity index is 2.85. The molecule has 1 aromatic rings. The Kier molecular flexibility index (Phi) is 4.86. The summed E-state index contributed by atoms with van der Waals surface area (Å²) in [5.41, 5.74) is 0.879. The highest BCUT2D eigenvalue weighted by Gasteiger charge is 2.10. The number of rotatable bonds is 5. The zero-order valence-corrected chi connectivity index (χ0v) is 10.3. The Morgan fingerprint density at radius 2 is 2.35 bits per heavy atom. The van der Waals surface area contributed by atoms with Crippen molar-refractivity contribution in [2.45, 2.75) is 25.8 Å². The van der Waals surface area contributed by atoms with Crippen molar-refractivity contribution in [3.05, 3.63) is 28.8 Å². The molecule has 1 atom stereocenters. The lowest BCUT2D eigenvalue weighted by molar-refractivity contribution is 0.0697. The molecule has 3 nitrogen and oxygen atoms in total. The van der Waals surface area contributed by atoms with E-state index in [0.717, 1.165) is 6.42 Å². The van der Waals surface area contributed by atoms with Gasteiger partial charge >= 0.3 is 5.97 Å². The summed E-state index contributed by atoms with van der Waals surface area (Å²) >= 11 is 6.00. The first kappa shape index (κ1) is 13.4. The van der Waals surface area contributed by atoms with E-state index in [1.807, 2.05) is 6.92 Å². The lowest BCUT2D eigenvalue weighted by Crippen LogP contribution is -2.17. The molecule has 0 amide bonds. The molecule has 0 spiro atoms. The fraction of sp³-hybridized carbons (Fsp3) is 0.308. The highest BCUT2D eigenvalue weighted by molar-refractivity contribution is 6.33. The second-order valence-electron chi connectivity index (χ2n) is 3.66. The third kappa shape index (κ3) is 3.69. The topological polar surface area (TPSA) is 49.3 Å². The molecule has 0 saturated heterocycles. The summed E-state index contributed by atoms with van der Waals surface area (Å²) < 4.78 is 0. The van der Waals surface area contributed by atoms with Gasteiger partial charge in [0.15, 0.2) is 0 Å². The van der Waals surface area contributed by atoms with Crippen LogP contribution in [0.1, 0.15) is 30.1 Å². The van der Waals surface area contributed by atoms with Crippen LogP contribution in [0.3, 0.4) is 0 Å². The van der Waals surface area contributed by atoms with Gasteiger partial charge in [0.05, 0.1) is 16.3 Å². The van der Waals surface area contributed by atoms with Gasteiger partial charge in [-0.3, -0.25) is 0 Å². The van der Waals surface area contributed by atoms with Crippen molar-refractivity contribution in [1.29, 1.82) is 0 Å². The van der Waals surface area contributed by atoms with Crippen LogP contribution in [-0.2, 0) is 0 Å². The number of terminal acetylenes is 1. The Hall–Kier alpha value is -1.66. The molecule has 0 aliphatic carbocycles. The van der Waals surface area contributed by atoms with Crippen LogP contribution in [-0.4, -0.2) is 17.1 Å². The quantitative estimate of drug-likeness (QED) is 0.790. The Bertz CT molecular complexity index is 451. The maximum atomic E-state index is 10.7. The van der Waals surface area contributed by atoms with Gasteiger partial charge in [0, 0.05) is 12.5 Å². The Morgan fingerprint density at radius 3 is 2.82 bits per heavy atom. The molecular weight excluding hydrogens is 238 g/mol.